The molecule has 0 fully saturated rings. The number of ether oxygens (including phenoxy) is 3. The van der Waals surface area contributed by atoms with E-state index in [0.29, 0.717) is 17.5 Å². The van der Waals surface area contributed by atoms with Gasteiger partial charge in [0.25, 0.3) is 5.89 Å². The molecule has 0 saturated heterocycles. The highest BCUT2D eigenvalue weighted by Crippen LogP contribution is 2.26. The topological polar surface area (TPSA) is 66.6 Å². The number of hydrogen-bond acceptors (Lipinski definition) is 6. The summed E-state index contributed by atoms with van der Waals surface area (Å²) in [5.74, 6) is 3.11. The van der Waals surface area contributed by atoms with Crippen molar-refractivity contribution in [3.63, 3.8) is 0 Å². The monoisotopic (exact) mass is 326 g/mol. The first-order chi connectivity index (χ1) is 11.7. The van der Waals surface area contributed by atoms with Gasteiger partial charge in [-0.15, -0.1) is 0 Å². The van der Waals surface area contributed by atoms with Crippen molar-refractivity contribution in [3.05, 3.63) is 54.4 Å². The van der Waals surface area contributed by atoms with E-state index in [4.69, 9.17) is 18.7 Å². The van der Waals surface area contributed by atoms with Gasteiger partial charge in [-0.1, -0.05) is 17.3 Å². The predicted molar refractivity (Wildman–Crippen MR) is 88.3 cm³/mol. The molecule has 3 aromatic rings. The summed E-state index contributed by atoms with van der Waals surface area (Å²) in [5, 5.41) is 4.01. The van der Waals surface area contributed by atoms with E-state index in [1.807, 2.05) is 55.5 Å². The Morgan fingerprint density at radius 3 is 2.33 bits per heavy atom. The summed E-state index contributed by atoms with van der Waals surface area (Å²) in [7, 11) is 3.24. The summed E-state index contributed by atoms with van der Waals surface area (Å²) < 4.78 is 21.5. The van der Waals surface area contributed by atoms with Crippen LogP contribution in [0.5, 0.6) is 17.2 Å². The van der Waals surface area contributed by atoms with Gasteiger partial charge in [-0.05, 0) is 43.3 Å². The normalized spacial score (nSPS) is 11.8. The number of benzene rings is 2. The van der Waals surface area contributed by atoms with Gasteiger partial charge in [-0.2, -0.15) is 4.98 Å². The lowest BCUT2D eigenvalue weighted by molar-refractivity contribution is 0.175. The fraction of sp³-hybridized carbons (Fsp3) is 0.222. The zero-order chi connectivity index (χ0) is 16.9. The van der Waals surface area contributed by atoms with Gasteiger partial charge in [0.15, 0.2) is 6.10 Å². The van der Waals surface area contributed by atoms with E-state index in [2.05, 4.69) is 10.1 Å². The van der Waals surface area contributed by atoms with Gasteiger partial charge < -0.3 is 18.7 Å². The number of aromatic nitrogens is 2. The van der Waals surface area contributed by atoms with Crippen LogP contribution in [0.15, 0.2) is 53.1 Å². The Morgan fingerprint density at radius 2 is 1.62 bits per heavy atom. The zero-order valence-corrected chi connectivity index (χ0v) is 13.7. The van der Waals surface area contributed by atoms with Crippen molar-refractivity contribution in [1.29, 1.82) is 0 Å². The molecule has 0 radical (unpaired) electrons. The van der Waals surface area contributed by atoms with Crippen molar-refractivity contribution in [2.75, 3.05) is 14.2 Å². The third-order valence-corrected chi connectivity index (χ3v) is 3.49. The third-order valence-electron chi connectivity index (χ3n) is 3.49. The highest BCUT2D eigenvalue weighted by molar-refractivity contribution is 5.56. The van der Waals surface area contributed by atoms with Crippen molar-refractivity contribution in [2.24, 2.45) is 0 Å². The van der Waals surface area contributed by atoms with Crippen LogP contribution in [-0.4, -0.2) is 24.4 Å². The molecule has 1 heterocycles. The summed E-state index contributed by atoms with van der Waals surface area (Å²) in [6, 6.07) is 14.8. The average molecular weight is 326 g/mol. The van der Waals surface area contributed by atoms with E-state index in [0.717, 1.165) is 17.1 Å². The van der Waals surface area contributed by atoms with E-state index in [9.17, 15) is 0 Å². The molecule has 6 nitrogen and oxygen atoms in total. The molecule has 0 aliphatic heterocycles. The van der Waals surface area contributed by atoms with Gasteiger partial charge in [0, 0.05) is 5.56 Å². The molecule has 0 saturated carbocycles. The second kappa shape index (κ2) is 7.04. The van der Waals surface area contributed by atoms with Crippen molar-refractivity contribution in [1.82, 2.24) is 10.1 Å². The summed E-state index contributed by atoms with van der Waals surface area (Å²) >= 11 is 0. The van der Waals surface area contributed by atoms with Crippen molar-refractivity contribution in [2.45, 2.75) is 13.0 Å². The van der Waals surface area contributed by atoms with E-state index < -0.39 is 0 Å². The zero-order valence-electron chi connectivity index (χ0n) is 13.7. The first-order valence-electron chi connectivity index (χ1n) is 7.48. The van der Waals surface area contributed by atoms with Gasteiger partial charge in [-0.25, -0.2) is 0 Å². The number of hydrogen-bond donors (Lipinski definition) is 0. The molecule has 1 aromatic heterocycles. The lowest BCUT2D eigenvalue weighted by atomic mass is 10.2. The lowest BCUT2D eigenvalue weighted by Crippen LogP contribution is -2.03. The fourth-order valence-electron chi connectivity index (χ4n) is 2.19. The summed E-state index contributed by atoms with van der Waals surface area (Å²) in [6.45, 7) is 1.85. The number of nitrogens with zero attached hydrogens (tertiary/aromatic N) is 2. The quantitative estimate of drug-likeness (QED) is 0.684. The molecule has 1 atom stereocenters. The van der Waals surface area contributed by atoms with Crippen LogP contribution in [0, 0.1) is 0 Å². The smallest absolute Gasteiger partial charge is 0.267 e. The van der Waals surface area contributed by atoms with E-state index in [1.54, 1.807) is 14.2 Å². The third kappa shape index (κ3) is 3.48. The van der Waals surface area contributed by atoms with Crippen LogP contribution in [0.2, 0.25) is 0 Å². The minimum Gasteiger partial charge on any atom is -0.497 e. The molecule has 3 rings (SSSR count). The van der Waals surface area contributed by atoms with Crippen LogP contribution in [0.4, 0.5) is 0 Å². The van der Waals surface area contributed by atoms with Gasteiger partial charge in [0.2, 0.25) is 5.82 Å². The van der Waals surface area contributed by atoms with E-state index in [1.165, 1.54) is 0 Å². The maximum absolute atomic E-state index is 5.82. The molecule has 6 heteroatoms. The van der Waals surface area contributed by atoms with Crippen LogP contribution < -0.4 is 14.2 Å². The second-order valence-electron chi connectivity index (χ2n) is 5.12. The molecule has 1 unspecified atom stereocenters. The van der Waals surface area contributed by atoms with Crippen molar-refractivity contribution >= 4 is 0 Å². The van der Waals surface area contributed by atoms with Gasteiger partial charge in [0.05, 0.1) is 14.2 Å². The van der Waals surface area contributed by atoms with Gasteiger partial charge >= 0.3 is 0 Å². The molecule has 0 N–H and O–H groups in total. The van der Waals surface area contributed by atoms with Gasteiger partial charge in [0.1, 0.15) is 17.2 Å². The first kappa shape index (κ1) is 15.9. The first-order valence-corrected chi connectivity index (χ1v) is 7.48. The maximum Gasteiger partial charge on any atom is 0.267 e. The Bertz CT molecular complexity index is 799. The molecule has 0 spiro atoms. The fourth-order valence-corrected chi connectivity index (χ4v) is 2.19. The molecule has 24 heavy (non-hydrogen) atoms. The highest BCUT2D eigenvalue weighted by Gasteiger charge is 2.17. The maximum atomic E-state index is 5.82. The molecule has 124 valence electrons. The number of methoxy groups -OCH3 is 2. The Kier molecular flexibility index (Phi) is 4.65. The molecular formula is C18H18N2O4. The Hall–Kier alpha value is -3.02. The minimum absolute atomic E-state index is 0.370. The summed E-state index contributed by atoms with van der Waals surface area (Å²) in [6.07, 6.45) is -0.370. The Morgan fingerprint density at radius 1 is 0.917 bits per heavy atom. The predicted octanol–water partition coefficient (Wildman–Crippen LogP) is 3.89. The molecule has 0 amide bonds. The molecule has 0 bridgehead atoms. The van der Waals surface area contributed by atoms with Gasteiger partial charge in [-0.3, -0.25) is 0 Å². The minimum atomic E-state index is -0.370. The van der Waals surface area contributed by atoms with Crippen LogP contribution in [-0.2, 0) is 0 Å². The SMILES string of the molecule is COc1ccc(OC(C)c2nc(-c3cccc(OC)c3)no2)cc1. The molecule has 0 aliphatic carbocycles. The summed E-state index contributed by atoms with van der Waals surface area (Å²) in [4.78, 5) is 4.40. The lowest BCUT2D eigenvalue weighted by Gasteiger charge is -2.10. The van der Waals surface area contributed by atoms with Crippen LogP contribution in [0.3, 0.4) is 0 Å². The molecule has 0 aliphatic rings. The van der Waals surface area contributed by atoms with Crippen molar-refractivity contribution in [3.8, 4) is 28.6 Å². The van der Waals surface area contributed by atoms with E-state index >= 15 is 0 Å². The van der Waals surface area contributed by atoms with Crippen molar-refractivity contribution < 1.29 is 18.7 Å². The largest absolute Gasteiger partial charge is 0.497 e. The van der Waals surface area contributed by atoms with Crippen LogP contribution in [0.25, 0.3) is 11.4 Å². The molecular weight excluding hydrogens is 308 g/mol. The second-order valence-corrected chi connectivity index (χ2v) is 5.12. The molecule has 2 aromatic carbocycles. The highest BCUT2D eigenvalue weighted by atomic mass is 16.5. The standard InChI is InChI=1S/C18H18N2O4/c1-12(23-15-9-7-14(21-2)8-10-15)18-19-17(20-24-18)13-5-4-6-16(11-13)22-3/h4-12H,1-3H3. The average Bonchev–Trinajstić information content (AvgIpc) is 3.13. The van der Waals surface area contributed by atoms with Crippen LogP contribution >= 0.6 is 0 Å². The Labute approximate surface area is 140 Å². The number of rotatable bonds is 6. The summed E-state index contributed by atoms with van der Waals surface area (Å²) in [5.41, 5.74) is 0.820. The van der Waals surface area contributed by atoms with E-state index in [-0.39, 0.29) is 6.10 Å². The Balaban J connectivity index is 1.73. The van der Waals surface area contributed by atoms with Crippen LogP contribution in [0.1, 0.15) is 18.9 Å².